The molecular formula is C18H16F2N4O. The molecule has 1 aliphatic heterocycles. The van der Waals surface area contributed by atoms with Gasteiger partial charge in [-0.2, -0.15) is 0 Å². The lowest BCUT2D eigenvalue weighted by atomic mass is 10.1. The van der Waals surface area contributed by atoms with Crippen molar-refractivity contribution in [2.24, 2.45) is 0 Å². The first-order valence-corrected chi connectivity index (χ1v) is 8.13. The molecule has 1 atom stereocenters. The second kappa shape index (κ2) is 6.68. The van der Waals surface area contributed by atoms with Crippen LogP contribution in [0.4, 0.5) is 8.78 Å². The van der Waals surface area contributed by atoms with Gasteiger partial charge in [0.05, 0.1) is 11.6 Å². The second-order valence-electron chi connectivity index (χ2n) is 6.03. The molecule has 25 heavy (non-hydrogen) atoms. The summed E-state index contributed by atoms with van der Waals surface area (Å²) in [5.41, 5.74) is 1.08. The zero-order valence-corrected chi connectivity index (χ0v) is 13.4. The Morgan fingerprint density at radius 2 is 2.08 bits per heavy atom. The highest BCUT2D eigenvalue weighted by atomic mass is 19.2. The van der Waals surface area contributed by atoms with Crippen molar-refractivity contribution in [2.75, 3.05) is 6.54 Å². The fourth-order valence-corrected chi connectivity index (χ4v) is 3.16. The van der Waals surface area contributed by atoms with Crippen LogP contribution in [-0.4, -0.2) is 26.6 Å². The Hall–Kier alpha value is -2.67. The van der Waals surface area contributed by atoms with Crippen molar-refractivity contribution in [1.29, 1.82) is 0 Å². The summed E-state index contributed by atoms with van der Waals surface area (Å²) < 4.78 is 33.2. The van der Waals surface area contributed by atoms with E-state index in [-0.39, 0.29) is 6.04 Å². The number of halogens is 2. The molecule has 1 aliphatic rings. The summed E-state index contributed by atoms with van der Waals surface area (Å²) in [5, 5.41) is 8.24. The van der Waals surface area contributed by atoms with Gasteiger partial charge in [0.1, 0.15) is 0 Å². The molecule has 0 amide bonds. The monoisotopic (exact) mass is 342 g/mol. The minimum Gasteiger partial charge on any atom is -0.419 e. The van der Waals surface area contributed by atoms with Crippen molar-refractivity contribution >= 4 is 0 Å². The summed E-state index contributed by atoms with van der Waals surface area (Å²) in [4.78, 5) is 6.08. The topological polar surface area (TPSA) is 55.1 Å². The summed E-state index contributed by atoms with van der Waals surface area (Å²) in [6, 6.07) is 7.79. The molecule has 3 heterocycles. The minimum absolute atomic E-state index is 0.0967. The number of nitrogens with zero attached hydrogens (tertiary/aromatic N) is 4. The van der Waals surface area contributed by atoms with Crippen LogP contribution in [0, 0.1) is 11.6 Å². The molecule has 0 radical (unpaired) electrons. The van der Waals surface area contributed by atoms with Crippen molar-refractivity contribution in [3.8, 4) is 11.5 Å². The number of likely N-dealkylation sites (tertiary alicyclic amines) is 1. The van der Waals surface area contributed by atoms with Gasteiger partial charge in [-0.3, -0.25) is 9.88 Å². The summed E-state index contributed by atoms with van der Waals surface area (Å²) in [6.07, 6.45) is 5.11. The lowest BCUT2D eigenvalue weighted by Crippen LogP contribution is -2.23. The Balaban J connectivity index is 1.56. The van der Waals surface area contributed by atoms with Crippen LogP contribution in [0.1, 0.15) is 30.3 Å². The average Bonchev–Trinajstić information content (AvgIpc) is 3.29. The van der Waals surface area contributed by atoms with Crippen molar-refractivity contribution < 1.29 is 13.2 Å². The third-order valence-corrected chi connectivity index (χ3v) is 4.40. The van der Waals surface area contributed by atoms with Crippen molar-refractivity contribution in [2.45, 2.75) is 25.4 Å². The molecular weight excluding hydrogens is 326 g/mol. The van der Waals surface area contributed by atoms with E-state index in [1.54, 1.807) is 24.5 Å². The molecule has 0 aliphatic carbocycles. The van der Waals surface area contributed by atoms with Crippen LogP contribution >= 0.6 is 0 Å². The van der Waals surface area contributed by atoms with Gasteiger partial charge in [-0.25, -0.2) is 8.78 Å². The average molecular weight is 342 g/mol. The highest BCUT2D eigenvalue weighted by molar-refractivity contribution is 5.50. The van der Waals surface area contributed by atoms with Crippen LogP contribution in [0.15, 0.2) is 47.1 Å². The van der Waals surface area contributed by atoms with Crippen LogP contribution in [0.5, 0.6) is 0 Å². The number of pyridine rings is 1. The van der Waals surface area contributed by atoms with Gasteiger partial charge in [-0.1, -0.05) is 12.1 Å². The van der Waals surface area contributed by atoms with E-state index in [1.807, 2.05) is 11.0 Å². The molecule has 7 heteroatoms. The first-order chi connectivity index (χ1) is 12.2. The van der Waals surface area contributed by atoms with Gasteiger partial charge in [0, 0.05) is 24.5 Å². The molecule has 3 aromatic rings. The Labute approximate surface area is 143 Å². The van der Waals surface area contributed by atoms with Gasteiger partial charge in [0.25, 0.3) is 0 Å². The summed E-state index contributed by atoms with van der Waals surface area (Å²) in [5.74, 6) is -0.723. The standard InChI is InChI=1S/C18H16F2N4O/c19-14-6-1-4-13(16(14)20)11-24-9-3-7-15(24)18-23-22-17(25-18)12-5-2-8-21-10-12/h1-2,4-6,8,10,15H,3,7,9,11H2/t15-/m1/s1. The second-order valence-corrected chi connectivity index (χ2v) is 6.03. The van der Waals surface area contributed by atoms with E-state index in [2.05, 4.69) is 15.2 Å². The molecule has 0 unspecified atom stereocenters. The van der Waals surface area contributed by atoms with Crippen LogP contribution in [0.2, 0.25) is 0 Å². The lowest BCUT2D eigenvalue weighted by Gasteiger charge is -2.21. The highest BCUT2D eigenvalue weighted by Crippen LogP contribution is 2.34. The smallest absolute Gasteiger partial charge is 0.249 e. The zero-order chi connectivity index (χ0) is 17.2. The maximum Gasteiger partial charge on any atom is 0.249 e. The van der Waals surface area contributed by atoms with Crippen LogP contribution in [0.3, 0.4) is 0 Å². The number of hydrogen-bond acceptors (Lipinski definition) is 5. The number of rotatable bonds is 4. The first-order valence-electron chi connectivity index (χ1n) is 8.13. The third-order valence-electron chi connectivity index (χ3n) is 4.40. The van der Waals surface area contributed by atoms with Crippen LogP contribution in [-0.2, 0) is 6.54 Å². The molecule has 2 aromatic heterocycles. The Morgan fingerprint density at radius 1 is 1.16 bits per heavy atom. The van der Waals surface area contributed by atoms with Crippen molar-refractivity contribution in [3.63, 3.8) is 0 Å². The zero-order valence-electron chi connectivity index (χ0n) is 13.4. The Bertz CT molecular complexity index is 869. The summed E-state index contributed by atoms with van der Waals surface area (Å²) >= 11 is 0. The largest absolute Gasteiger partial charge is 0.419 e. The fraction of sp³-hybridized carbons (Fsp3) is 0.278. The van der Waals surface area contributed by atoms with Crippen molar-refractivity contribution in [1.82, 2.24) is 20.1 Å². The molecule has 1 aromatic carbocycles. The normalized spacial score (nSPS) is 17.9. The quantitative estimate of drug-likeness (QED) is 0.723. The summed E-state index contributed by atoms with van der Waals surface area (Å²) in [7, 11) is 0. The number of aromatic nitrogens is 3. The molecule has 0 spiro atoms. The van der Waals surface area contributed by atoms with E-state index in [0.29, 0.717) is 23.9 Å². The summed E-state index contributed by atoms with van der Waals surface area (Å²) in [6.45, 7) is 1.07. The van der Waals surface area contributed by atoms with Gasteiger partial charge >= 0.3 is 0 Å². The fourth-order valence-electron chi connectivity index (χ4n) is 3.16. The van der Waals surface area contributed by atoms with Gasteiger partial charge in [0.2, 0.25) is 11.8 Å². The van der Waals surface area contributed by atoms with E-state index in [4.69, 9.17) is 4.42 Å². The van der Waals surface area contributed by atoms with E-state index < -0.39 is 11.6 Å². The molecule has 4 rings (SSSR count). The van der Waals surface area contributed by atoms with Gasteiger partial charge in [-0.15, -0.1) is 10.2 Å². The highest BCUT2D eigenvalue weighted by Gasteiger charge is 2.31. The molecule has 1 fully saturated rings. The predicted molar refractivity (Wildman–Crippen MR) is 86.3 cm³/mol. The van der Waals surface area contributed by atoms with Crippen molar-refractivity contribution in [3.05, 3.63) is 65.8 Å². The molecule has 0 saturated carbocycles. The SMILES string of the molecule is Fc1cccc(CN2CCC[C@@H]2c2nnc(-c3cccnc3)o2)c1F. The van der Waals surface area contributed by atoms with Crippen LogP contribution < -0.4 is 0 Å². The van der Waals surface area contributed by atoms with E-state index >= 15 is 0 Å². The third kappa shape index (κ3) is 3.15. The first kappa shape index (κ1) is 15.8. The lowest BCUT2D eigenvalue weighted by molar-refractivity contribution is 0.212. The van der Waals surface area contributed by atoms with E-state index in [0.717, 1.165) is 31.0 Å². The molecule has 128 valence electrons. The van der Waals surface area contributed by atoms with E-state index in [1.165, 1.54) is 6.07 Å². The number of benzene rings is 1. The maximum atomic E-state index is 14.0. The number of hydrogen-bond donors (Lipinski definition) is 0. The predicted octanol–water partition coefficient (Wildman–Crippen LogP) is 3.75. The van der Waals surface area contributed by atoms with Gasteiger partial charge in [0.15, 0.2) is 11.6 Å². The molecule has 5 nitrogen and oxygen atoms in total. The van der Waals surface area contributed by atoms with E-state index in [9.17, 15) is 8.78 Å². The Morgan fingerprint density at radius 3 is 2.92 bits per heavy atom. The molecule has 0 N–H and O–H groups in total. The van der Waals surface area contributed by atoms with Gasteiger partial charge in [-0.05, 0) is 37.6 Å². The molecule has 1 saturated heterocycles. The Kier molecular flexibility index (Phi) is 4.23. The molecule has 0 bridgehead atoms. The minimum atomic E-state index is -0.829. The maximum absolute atomic E-state index is 14.0. The van der Waals surface area contributed by atoms with Crippen LogP contribution in [0.25, 0.3) is 11.5 Å². The van der Waals surface area contributed by atoms with Gasteiger partial charge < -0.3 is 4.42 Å².